The molecule has 1 fully saturated rings. The number of nitrogens with one attached hydrogen (secondary N) is 1. The van der Waals surface area contributed by atoms with Crippen molar-refractivity contribution in [1.29, 1.82) is 0 Å². The smallest absolute Gasteiger partial charge is 0.311 e. The average Bonchev–Trinajstić information content (AvgIpc) is 2.71. The Kier molecular flexibility index (Phi) is 4.99. The standard InChI is InChI=1S/C15H23NO6/c1-6-15(4,12(19)20)9-8(10(17)16-11(9)18)7-14(2,3)13(21)22-5/h8-9H,6-7H2,1-5H3,(H,19,20)(H,16,17,18). The van der Waals surface area contributed by atoms with Gasteiger partial charge in [-0.05, 0) is 33.6 Å². The Hall–Kier alpha value is -1.92. The van der Waals surface area contributed by atoms with E-state index in [4.69, 9.17) is 4.74 Å². The van der Waals surface area contributed by atoms with Crippen LogP contribution >= 0.6 is 0 Å². The van der Waals surface area contributed by atoms with Gasteiger partial charge >= 0.3 is 11.9 Å². The second kappa shape index (κ2) is 6.06. The summed E-state index contributed by atoms with van der Waals surface area (Å²) in [5, 5.41) is 11.7. The quantitative estimate of drug-likeness (QED) is 0.558. The van der Waals surface area contributed by atoms with Gasteiger partial charge in [0, 0.05) is 0 Å². The summed E-state index contributed by atoms with van der Waals surface area (Å²) in [6.45, 7) is 6.33. The van der Waals surface area contributed by atoms with Crippen LogP contribution in [0.4, 0.5) is 0 Å². The number of carbonyl (C=O) groups is 4. The number of carboxylic acid groups (broad SMARTS) is 1. The highest BCUT2D eigenvalue weighted by atomic mass is 16.5. The maximum atomic E-state index is 12.1. The highest BCUT2D eigenvalue weighted by molar-refractivity contribution is 6.07. The van der Waals surface area contributed by atoms with Crippen molar-refractivity contribution in [3.8, 4) is 0 Å². The zero-order chi connectivity index (χ0) is 17.3. The first-order valence-corrected chi connectivity index (χ1v) is 7.17. The van der Waals surface area contributed by atoms with E-state index in [2.05, 4.69) is 5.32 Å². The topological polar surface area (TPSA) is 110 Å². The number of hydrogen-bond donors (Lipinski definition) is 2. The van der Waals surface area contributed by atoms with Crippen LogP contribution in [0.15, 0.2) is 0 Å². The molecule has 22 heavy (non-hydrogen) atoms. The van der Waals surface area contributed by atoms with E-state index >= 15 is 0 Å². The molecular weight excluding hydrogens is 290 g/mol. The molecule has 0 aromatic carbocycles. The van der Waals surface area contributed by atoms with Gasteiger partial charge in [-0.3, -0.25) is 24.5 Å². The van der Waals surface area contributed by atoms with E-state index in [1.54, 1.807) is 20.8 Å². The Morgan fingerprint density at radius 1 is 1.23 bits per heavy atom. The van der Waals surface area contributed by atoms with E-state index in [9.17, 15) is 24.3 Å². The molecule has 3 atom stereocenters. The van der Waals surface area contributed by atoms with Gasteiger partial charge < -0.3 is 9.84 Å². The molecule has 0 radical (unpaired) electrons. The van der Waals surface area contributed by atoms with Gasteiger partial charge in [0.2, 0.25) is 11.8 Å². The molecule has 7 nitrogen and oxygen atoms in total. The first-order chi connectivity index (χ1) is 10.0. The van der Waals surface area contributed by atoms with Crippen LogP contribution in [-0.2, 0) is 23.9 Å². The molecule has 1 rings (SSSR count). The third-order valence-electron chi connectivity index (χ3n) is 4.65. The van der Waals surface area contributed by atoms with E-state index in [1.807, 2.05) is 0 Å². The number of carboxylic acids is 1. The minimum atomic E-state index is -1.37. The highest BCUT2D eigenvalue weighted by Crippen LogP contribution is 2.44. The Morgan fingerprint density at radius 2 is 1.77 bits per heavy atom. The van der Waals surface area contributed by atoms with E-state index in [1.165, 1.54) is 14.0 Å². The van der Waals surface area contributed by atoms with Crippen LogP contribution in [0.3, 0.4) is 0 Å². The number of aliphatic carboxylic acids is 1. The molecular formula is C15H23NO6. The third kappa shape index (κ3) is 2.98. The molecule has 0 aliphatic carbocycles. The van der Waals surface area contributed by atoms with E-state index < -0.39 is 46.4 Å². The van der Waals surface area contributed by atoms with Crippen molar-refractivity contribution >= 4 is 23.8 Å². The van der Waals surface area contributed by atoms with Crippen molar-refractivity contribution in [1.82, 2.24) is 5.32 Å². The summed E-state index contributed by atoms with van der Waals surface area (Å²) in [4.78, 5) is 47.6. The maximum absolute atomic E-state index is 12.1. The summed E-state index contributed by atoms with van der Waals surface area (Å²) in [6, 6.07) is 0. The predicted octanol–water partition coefficient (Wildman–Crippen LogP) is 0.965. The van der Waals surface area contributed by atoms with Gasteiger partial charge in [-0.1, -0.05) is 6.92 Å². The lowest BCUT2D eigenvalue weighted by atomic mass is 9.66. The van der Waals surface area contributed by atoms with E-state index in [-0.39, 0.29) is 12.8 Å². The summed E-state index contributed by atoms with van der Waals surface area (Å²) < 4.78 is 4.71. The Balaban J connectivity index is 3.20. The lowest BCUT2D eigenvalue weighted by molar-refractivity contribution is -0.157. The molecule has 7 heteroatoms. The highest BCUT2D eigenvalue weighted by Gasteiger charge is 2.56. The first kappa shape index (κ1) is 18.1. The molecule has 1 aliphatic rings. The Bertz CT molecular complexity index is 512. The molecule has 124 valence electrons. The number of imide groups is 1. The van der Waals surface area contributed by atoms with Crippen LogP contribution in [-0.4, -0.2) is 36.0 Å². The van der Waals surface area contributed by atoms with Crippen molar-refractivity contribution in [3.05, 3.63) is 0 Å². The fourth-order valence-electron chi connectivity index (χ4n) is 2.98. The van der Waals surface area contributed by atoms with Crippen LogP contribution in [0.2, 0.25) is 0 Å². The second-order valence-electron chi connectivity index (χ2n) is 6.59. The largest absolute Gasteiger partial charge is 0.481 e. The number of rotatable bonds is 6. The Labute approximate surface area is 129 Å². The molecule has 1 saturated heterocycles. The first-order valence-electron chi connectivity index (χ1n) is 7.17. The molecule has 0 saturated carbocycles. The van der Waals surface area contributed by atoms with Gasteiger partial charge in [0.25, 0.3) is 0 Å². The lowest BCUT2D eigenvalue weighted by Crippen LogP contribution is -2.43. The van der Waals surface area contributed by atoms with Gasteiger partial charge in [0.1, 0.15) is 0 Å². The minimum Gasteiger partial charge on any atom is -0.481 e. The number of esters is 1. The van der Waals surface area contributed by atoms with E-state index in [0.717, 1.165) is 0 Å². The van der Waals surface area contributed by atoms with Crippen LogP contribution in [0.1, 0.15) is 40.5 Å². The van der Waals surface area contributed by atoms with Gasteiger partial charge in [0.15, 0.2) is 0 Å². The number of methoxy groups -OCH3 is 1. The van der Waals surface area contributed by atoms with Gasteiger partial charge in [-0.15, -0.1) is 0 Å². The van der Waals surface area contributed by atoms with Crippen molar-refractivity contribution in [2.24, 2.45) is 22.7 Å². The molecule has 0 aromatic rings. The summed E-state index contributed by atoms with van der Waals surface area (Å²) in [5.74, 6) is -4.65. The van der Waals surface area contributed by atoms with Crippen molar-refractivity contribution in [2.75, 3.05) is 7.11 Å². The number of ether oxygens (including phenoxy) is 1. The minimum absolute atomic E-state index is 0.0464. The Morgan fingerprint density at radius 3 is 2.18 bits per heavy atom. The molecule has 1 heterocycles. The van der Waals surface area contributed by atoms with Gasteiger partial charge in [0.05, 0.1) is 29.8 Å². The fourth-order valence-corrected chi connectivity index (χ4v) is 2.98. The van der Waals surface area contributed by atoms with Gasteiger partial charge in [-0.25, -0.2) is 0 Å². The zero-order valence-electron chi connectivity index (χ0n) is 13.6. The van der Waals surface area contributed by atoms with Crippen LogP contribution < -0.4 is 5.32 Å². The monoisotopic (exact) mass is 313 g/mol. The van der Waals surface area contributed by atoms with Crippen LogP contribution in [0, 0.1) is 22.7 Å². The summed E-state index contributed by atoms with van der Waals surface area (Å²) in [5.41, 5.74) is -2.36. The molecule has 0 bridgehead atoms. The normalized spacial score (nSPS) is 24.6. The summed E-state index contributed by atoms with van der Waals surface area (Å²) >= 11 is 0. The molecule has 3 unspecified atom stereocenters. The second-order valence-corrected chi connectivity index (χ2v) is 6.59. The zero-order valence-corrected chi connectivity index (χ0v) is 13.6. The van der Waals surface area contributed by atoms with Crippen molar-refractivity contribution in [3.63, 3.8) is 0 Å². The fraction of sp³-hybridized carbons (Fsp3) is 0.733. The average molecular weight is 313 g/mol. The lowest BCUT2D eigenvalue weighted by Gasteiger charge is -2.34. The molecule has 2 amide bonds. The van der Waals surface area contributed by atoms with Gasteiger partial charge in [-0.2, -0.15) is 0 Å². The molecule has 0 aromatic heterocycles. The maximum Gasteiger partial charge on any atom is 0.311 e. The molecule has 2 N–H and O–H groups in total. The number of carbonyl (C=O) groups excluding carboxylic acids is 3. The van der Waals surface area contributed by atoms with Crippen molar-refractivity contribution in [2.45, 2.75) is 40.5 Å². The number of hydrogen-bond acceptors (Lipinski definition) is 5. The van der Waals surface area contributed by atoms with E-state index in [0.29, 0.717) is 0 Å². The molecule has 0 spiro atoms. The summed E-state index contributed by atoms with van der Waals surface area (Å²) in [7, 11) is 1.24. The third-order valence-corrected chi connectivity index (χ3v) is 4.65. The SMILES string of the molecule is CCC(C)(C(=O)O)C1C(=O)NC(=O)C1CC(C)(C)C(=O)OC. The molecule has 1 aliphatic heterocycles. The summed E-state index contributed by atoms with van der Waals surface area (Å²) in [6.07, 6.45) is 0.244. The van der Waals surface area contributed by atoms with Crippen molar-refractivity contribution < 1.29 is 29.0 Å². The number of amides is 2. The predicted molar refractivity (Wildman–Crippen MR) is 76.6 cm³/mol. The van der Waals surface area contributed by atoms with Crippen LogP contribution in [0.25, 0.3) is 0 Å². The van der Waals surface area contributed by atoms with Crippen LogP contribution in [0.5, 0.6) is 0 Å².